The molecule has 0 radical (unpaired) electrons. The third-order valence-electron chi connectivity index (χ3n) is 9.38. The zero-order valence-electron chi connectivity index (χ0n) is 28.2. The Labute approximate surface area is 299 Å². The number of halogens is 2. The highest BCUT2D eigenvalue weighted by atomic mass is 35.5. The lowest BCUT2D eigenvalue weighted by Gasteiger charge is -2.47. The number of nitrogens with zero attached hydrogens (tertiary/aromatic N) is 4. The average Bonchev–Trinajstić information content (AvgIpc) is 3.29. The van der Waals surface area contributed by atoms with Crippen molar-refractivity contribution in [3.05, 3.63) is 93.5 Å². The van der Waals surface area contributed by atoms with Gasteiger partial charge in [0.25, 0.3) is 0 Å². The van der Waals surface area contributed by atoms with Crippen molar-refractivity contribution in [2.45, 2.75) is 50.1 Å². The van der Waals surface area contributed by atoms with Crippen LogP contribution in [0.2, 0.25) is 10.0 Å². The first-order valence-corrected chi connectivity index (χ1v) is 20.1. The molecule has 1 saturated heterocycles. The number of thioether (sulfide) groups is 1. The predicted octanol–water partition coefficient (Wildman–Crippen LogP) is 7.57. The normalized spacial score (nSPS) is 21.8. The van der Waals surface area contributed by atoms with Gasteiger partial charge in [0, 0.05) is 47.4 Å². The SMILES string of the molecule is CCOc1cc(SCC)ccc1C1=N[C@@](C)(c2ccc(Cl)cc2)[C@@](C)(c2ccc(Cl)cc2)N1C(=O)N1CCN(CCCS(C)(=O)=O)CC1. The van der Waals surface area contributed by atoms with Crippen molar-refractivity contribution in [1.29, 1.82) is 0 Å². The molecule has 2 heterocycles. The van der Waals surface area contributed by atoms with Gasteiger partial charge in [0.1, 0.15) is 32.5 Å². The Hall–Kier alpha value is -2.76. The van der Waals surface area contributed by atoms with Crippen molar-refractivity contribution in [2.75, 3.05) is 57.1 Å². The molecule has 3 aromatic carbocycles. The highest BCUT2D eigenvalue weighted by Gasteiger charge is 2.60. The minimum absolute atomic E-state index is 0.153. The number of ether oxygens (including phenoxy) is 1. The molecule has 1 fully saturated rings. The molecule has 12 heteroatoms. The Morgan fingerprint density at radius 1 is 0.917 bits per heavy atom. The second-order valence-electron chi connectivity index (χ2n) is 12.5. The van der Waals surface area contributed by atoms with Gasteiger partial charge in [0.05, 0.1) is 17.9 Å². The maximum Gasteiger partial charge on any atom is 0.326 e. The van der Waals surface area contributed by atoms with Crippen molar-refractivity contribution < 1.29 is 17.9 Å². The Kier molecular flexibility index (Phi) is 11.4. The van der Waals surface area contributed by atoms with Gasteiger partial charge in [0.2, 0.25) is 0 Å². The lowest BCUT2D eigenvalue weighted by molar-refractivity contribution is 0.0868. The summed E-state index contributed by atoms with van der Waals surface area (Å²) in [5, 5.41) is 1.21. The Morgan fingerprint density at radius 2 is 1.52 bits per heavy atom. The fraction of sp³-hybridized carbons (Fsp3) is 0.444. The van der Waals surface area contributed by atoms with Gasteiger partial charge in [-0.15, -0.1) is 11.8 Å². The van der Waals surface area contributed by atoms with Crippen LogP contribution in [0.3, 0.4) is 0 Å². The number of amides is 2. The zero-order chi connectivity index (χ0) is 34.7. The van der Waals surface area contributed by atoms with Crippen molar-refractivity contribution in [3.8, 4) is 5.75 Å². The molecule has 0 saturated carbocycles. The number of rotatable bonds is 11. The molecule has 0 N–H and O–H groups in total. The third-order valence-corrected chi connectivity index (χ3v) is 11.8. The number of urea groups is 1. The number of aliphatic imine (C=N–C) groups is 1. The molecule has 5 rings (SSSR count). The molecule has 258 valence electrons. The quantitative estimate of drug-likeness (QED) is 0.189. The van der Waals surface area contributed by atoms with Gasteiger partial charge in [0.15, 0.2) is 0 Å². The summed E-state index contributed by atoms with van der Waals surface area (Å²) >= 11 is 14.5. The van der Waals surface area contributed by atoms with Gasteiger partial charge in [-0.1, -0.05) is 54.4 Å². The van der Waals surface area contributed by atoms with Gasteiger partial charge < -0.3 is 9.64 Å². The second kappa shape index (κ2) is 15.0. The van der Waals surface area contributed by atoms with E-state index in [4.69, 9.17) is 32.9 Å². The van der Waals surface area contributed by atoms with Crippen LogP contribution in [0.5, 0.6) is 5.75 Å². The highest BCUT2D eigenvalue weighted by molar-refractivity contribution is 7.99. The molecule has 2 aliphatic heterocycles. The third kappa shape index (κ3) is 7.53. The van der Waals surface area contributed by atoms with E-state index in [0.717, 1.165) is 27.3 Å². The minimum Gasteiger partial charge on any atom is -0.493 e. The van der Waals surface area contributed by atoms with Crippen LogP contribution in [-0.2, 0) is 20.9 Å². The van der Waals surface area contributed by atoms with Crippen LogP contribution in [0, 0.1) is 0 Å². The molecular weight excluding hydrogens is 687 g/mol. The first kappa shape index (κ1) is 36.5. The van der Waals surface area contributed by atoms with Crippen LogP contribution in [0.4, 0.5) is 4.79 Å². The highest BCUT2D eigenvalue weighted by Crippen LogP contribution is 2.54. The summed E-state index contributed by atoms with van der Waals surface area (Å²) in [5.74, 6) is 2.27. The number of piperazine rings is 1. The van der Waals surface area contributed by atoms with Crippen LogP contribution in [-0.4, -0.2) is 92.1 Å². The van der Waals surface area contributed by atoms with E-state index in [1.165, 1.54) is 6.26 Å². The van der Waals surface area contributed by atoms with E-state index < -0.39 is 20.9 Å². The Bertz CT molecular complexity index is 1750. The van der Waals surface area contributed by atoms with Crippen molar-refractivity contribution >= 4 is 56.7 Å². The molecule has 3 aromatic rings. The molecular formula is C36H44Cl2N4O4S2. The van der Waals surface area contributed by atoms with Gasteiger partial charge in [-0.3, -0.25) is 14.8 Å². The van der Waals surface area contributed by atoms with E-state index in [2.05, 4.69) is 31.7 Å². The van der Waals surface area contributed by atoms with Crippen LogP contribution < -0.4 is 4.74 Å². The maximum absolute atomic E-state index is 15.1. The smallest absolute Gasteiger partial charge is 0.326 e. The van der Waals surface area contributed by atoms with Crippen LogP contribution in [0.15, 0.2) is 76.6 Å². The lowest BCUT2D eigenvalue weighted by atomic mass is 9.71. The maximum atomic E-state index is 15.1. The minimum atomic E-state index is -3.02. The molecule has 48 heavy (non-hydrogen) atoms. The summed E-state index contributed by atoms with van der Waals surface area (Å²) in [6.07, 6.45) is 1.83. The summed E-state index contributed by atoms with van der Waals surface area (Å²) in [7, 11) is -3.02. The second-order valence-corrected chi connectivity index (χ2v) is 17.0. The lowest BCUT2D eigenvalue weighted by Crippen LogP contribution is -2.60. The first-order chi connectivity index (χ1) is 22.8. The molecule has 0 aromatic heterocycles. The van der Waals surface area contributed by atoms with Crippen molar-refractivity contribution in [1.82, 2.24) is 14.7 Å². The molecule has 0 unspecified atom stereocenters. The molecule has 2 aliphatic rings. The largest absolute Gasteiger partial charge is 0.493 e. The molecule has 2 amide bonds. The van der Waals surface area contributed by atoms with Crippen molar-refractivity contribution in [3.63, 3.8) is 0 Å². The standard InChI is InChI=1S/C36H44Cl2N4O4S2/c1-6-46-32-25-30(47-7-2)17-18-31(32)33-39-35(3,26-9-13-28(37)14-10-26)36(4,27-11-15-29(38)16-12-27)42(33)34(43)41-22-20-40(21-23-41)19-8-24-48(5,44)45/h9-18,25H,6-8,19-24H2,1-5H3/t35-,36+/m0/s1. The fourth-order valence-corrected chi connectivity index (χ4v) is 8.23. The van der Waals surface area contributed by atoms with Gasteiger partial charge in [-0.2, -0.15) is 0 Å². The summed E-state index contributed by atoms with van der Waals surface area (Å²) in [4.78, 5) is 27.6. The monoisotopic (exact) mass is 730 g/mol. The van der Waals surface area contributed by atoms with E-state index in [9.17, 15) is 8.42 Å². The molecule has 0 bridgehead atoms. The van der Waals surface area contributed by atoms with E-state index in [1.807, 2.05) is 77.4 Å². The number of benzene rings is 3. The number of amidine groups is 1. The average molecular weight is 732 g/mol. The zero-order valence-corrected chi connectivity index (χ0v) is 31.4. The Balaban J connectivity index is 1.63. The van der Waals surface area contributed by atoms with E-state index in [0.29, 0.717) is 67.4 Å². The van der Waals surface area contributed by atoms with Gasteiger partial charge >= 0.3 is 6.03 Å². The van der Waals surface area contributed by atoms with Crippen molar-refractivity contribution in [2.24, 2.45) is 4.99 Å². The number of sulfone groups is 1. The van der Waals surface area contributed by atoms with Crippen LogP contribution >= 0.6 is 35.0 Å². The number of carbonyl (C=O) groups excluding carboxylic acids is 1. The van der Waals surface area contributed by atoms with E-state index >= 15 is 4.79 Å². The van der Waals surface area contributed by atoms with E-state index in [1.54, 1.807) is 11.8 Å². The number of carbonyl (C=O) groups is 1. The number of hydrogen-bond donors (Lipinski definition) is 0. The Morgan fingerprint density at radius 3 is 2.08 bits per heavy atom. The molecule has 0 aliphatic carbocycles. The summed E-state index contributed by atoms with van der Waals surface area (Å²) in [5.41, 5.74) is 0.591. The van der Waals surface area contributed by atoms with E-state index in [-0.39, 0.29) is 11.8 Å². The van der Waals surface area contributed by atoms with Crippen LogP contribution in [0.1, 0.15) is 50.8 Å². The van der Waals surface area contributed by atoms with Gasteiger partial charge in [-0.05, 0) is 93.1 Å². The summed E-state index contributed by atoms with van der Waals surface area (Å²) in [6.45, 7) is 11.6. The summed E-state index contributed by atoms with van der Waals surface area (Å²) in [6, 6.07) is 21.3. The number of hydrogen-bond acceptors (Lipinski definition) is 7. The van der Waals surface area contributed by atoms with Gasteiger partial charge in [-0.25, -0.2) is 13.2 Å². The van der Waals surface area contributed by atoms with Crippen LogP contribution in [0.25, 0.3) is 0 Å². The summed E-state index contributed by atoms with van der Waals surface area (Å²) < 4.78 is 29.6. The first-order valence-electron chi connectivity index (χ1n) is 16.3. The fourth-order valence-electron chi connectivity index (χ4n) is 6.64. The predicted molar refractivity (Wildman–Crippen MR) is 198 cm³/mol. The molecule has 2 atom stereocenters. The molecule has 0 spiro atoms. The molecule has 8 nitrogen and oxygen atoms in total. The topological polar surface area (TPSA) is 82.5 Å².